The van der Waals surface area contributed by atoms with Crippen LogP contribution in [0.4, 0.5) is 0 Å². The second-order valence-corrected chi connectivity index (χ2v) is 4.05. The predicted octanol–water partition coefficient (Wildman–Crippen LogP) is 3.49. The van der Waals surface area contributed by atoms with Gasteiger partial charge in [0.2, 0.25) is 0 Å². The fourth-order valence-corrected chi connectivity index (χ4v) is 1.36. The van der Waals surface area contributed by atoms with Crippen molar-refractivity contribution in [2.24, 2.45) is 5.92 Å². The van der Waals surface area contributed by atoms with E-state index >= 15 is 0 Å². The second kappa shape index (κ2) is 7.27. The molecule has 2 heteroatoms. The summed E-state index contributed by atoms with van der Waals surface area (Å²) in [5.41, 5.74) is 2.19. The van der Waals surface area contributed by atoms with Crippen molar-refractivity contribution in [2.75, 3.05) is 6.61 Å². The fraction of sp³-hybridized carbons (Fsp3) is 0.615. The van der Waals surface area contributed by atoms with Crippen LogP contribution in [0, 0.1) is 5.92 Å². The van der Waals surface area contributed by atoms with E-state index in [4.69, 9.17) is 4.74 Å². The third-order valence-electron chi connectivity index (χ3n) is 2.33. The lowest BCUT2D eigenvalue weighted by Gasteiger charge is -2.15. The van der Waals surface area contributed by atoms with Gasteiger partial charge in [0, 0.05) is 0 Å². The molecule has 1 unspecified atom stereocenters. The van der Waals surface area contributed by atoms with Crippen LogP contribution in [0.2, 0.25) is 0 Å². The molecule has 0 spiro atoms. The lowest BCUT2D eigenvalue weighted by atomic mass is 9.91. The number of allylic oxidation sites excluding steroid dienone is 2. The average molecular weight is 210 g/mol. The van der Waals surface area contributed by atoms with Crippen molar-refractivity contribution in [2.45, 2.75) is 40.0 Å². The van der Waals surface area contributed by atoms with Crippen molar-refractivity contribution >= 4 is 5.97 Å². The zero-order valence-electron chi connectivity index (χ0n) is 10.1. The molecule has 0 aliphatic rings. The molecule has 0 aromatic heterocycles. The van der Waals surface area contributed by atoms with E-state index in [1.54, 1.807) is 0 Å². The largest absolute Gasteiger partial charge is 0.466 e. The Labute approximate surface area is 93.0 Å². The summed E-state index contributed by atoms with van der Waals surface area (Å²) in [6.07, 6.45) is 2.32. The first kappa shape index (κ1) is 13.9. The molecule has 2 nitrogen and oxygen atoms in total. The molecule has 0 rings (SSSR count). The number of hydrogen-bond donors (Lipinski definition) is 0. The van der Waals surface area contributed by atoms with Gasteiger partial charge in [-0.15, -0.1) is 6.58 Å². The summed E-state index contributed by atoms with van der Waals surface area (Å²) >= 11 is 0. The lowest BCUT2D eigenvalue weighted by molar-refractivity contribution is -0.144. The first-order valence-corrected chi connectivity index (χ1v) is 5.42. The van der Waals surface area contributed by atoms with Crippen LogP contribution in [0.5, 0.6) is 0 Å². The zero-order chi connectivity index (χ0) is 11.8. The molecule has 15 heavy (non-hydrogen) atoms. The molecule has 0 amide bonds. The number of ether oxygens (including phenoxy) is 1. The van der Waals surface area contributed by atoms with Gasteiger partial charge in [0.1, 0.15) is 0 Å². The Morgan fingerprint density at radius 2 is 1.93 bits per heavy atom. The van der Waals surface area contributed by atoms with Crippen LogP contribution in [0.25, 0.3) is 0 Å². The first-order valence-electron chi connectivity index (χ1n) is 5.42. The number of rotatable bonds is 7. The van der Waals surface area contributed by atoms with E-state index in [1.807, 2.05) is 20.8 Å². The third-order valence-corrected chi connectivity index (χ3v) is 2.33. The Hall–Kier alpha value is -1.05. The maximum Gasteiger partial charge on any atom is 0.306 e. The number of carbonyl (C=O) groups is 1. The highest BCUT2D eigenvalue weighted by atomic mass is 16.5. The van der Waals surface area contributed by atoms with E-state index in [2.05, 4.69) is 13.2 Å². The molecule has 0 radical (unpaired) electrons. The van der Waals surface area contributed by atoms with Gasteiger partial charge in [0.05, 0.1) is 13.0 Å². The summed E-state index contributed by atoms with van der Waals surface area (Å²) in [4.78, 5) is 11.3. The van der Waals surface area contributed by atoms with Gasteiger partial charge in [-0.1, -0.05) is 17.7 Å². The quantitative estimate of drug-likeness (QED) is 0.475. The molecule has 0 bridgehead atoms. The molecule has 0 heterocycles. The fourth-order valence-electron chi connectivity index (χ4n) is 1.36. The van der Waals surface area contributed by atoms with Gasteiger partial charge < -0.3 is 4.74 Å². The molecule has 1 atom stereocenters. The van der Waals surface area contributed by atoms with Gasteiger partial charge in [0.25, 0.3) is 0 Å². The van der Waals surface area contributed by atoms with E-state index in [9.17, 15) is 4.79 Å². The van der Waals surface area contributed by atoms with Crippen LogP contribution in [0.15, 0.2) is 24.3 Å². The van der Waals surface area contributed by atoms with Gasteiger partial charge in [-0.2, -0.15) is 0 Å². The summed E-state index contributed by atoms with van der Waals surface area (Å²) in [7, 11) is 0. The van der Waals surface area contributed by atoms with Gasteiger partial charge in [-0.25, -0.2) is 0 Å². The zero-order valence-corrected chi connectivity index (χ0v) is 10.1. The van der Waals surface area contributed by atoms with E-state index < -0.39 is 0 Å². The van der Waals surface area contributed by atoms with Crippen LogP contribution < -0.4 is 0 Å². The Morgan fingerprint density at radius 3 is 2.33 bits per heavy atom. The predicted molar refractivity (Wildman–Crippen MR) is 63.6 cm³/mol. The van der Waals surface area contributed by atoms with Crippen LogP contribution in [0.3, 0.4) is 0 Å². The molecule has 86 valence electrons. The van der Waals surface area contributed by atoms with Gasteiger partial charge >= 0.3 is 5.97 Å². The van der Waals surface area contributed by atoms with Crippen molar-refractivity contribution in [3.63, 3.8) is 0 Å². The van der Waals surface area contributed by atoms with E-state index in [-0.39, 0.29) is 11.9 Å². The summed E-state index contributed by atoms with van der Waals surface area (Å²) in [5.74, 6) is 0.0907. The van der Waals surface area contributed by atoms with Crippen LogP contribution in [0.1, 0.15) is 40.0 Å². The highest BCUT2D eigenvalue weighted by Gasteiger charge is 2.15. The van der Waals surface area contributed by atoms with Gasteiger partial charge in [-0.3, -0.25) is 4.79 Å². The molecule has 0 aromatic carbocycles. The molecule has 0 aromatic rings. The van der Waals surface area contributed by atoms with Crippen molar-refractivity contribution < 1.29 is 9.53 Å². The highest BCUT2D eigenvalue weighted by molar-refractivity contribution is 5.70. The SMILES string of the molecule is C=C(C)CCC(CC(=O)OCC)C(=C)C. The number of carbonyl (C=O) groups excluding carboxylic acids is 1. The smallest absolute Gasteiger partial charge is 0.306 e. The van der Waals surface area contributed by atoms with E-state index in [0.717, 1.165) is 24.0 Å². The van der Waals surface area contributed by atoms with Crippen LogP contribution in [-0.4, -0.2) is 12.6 Å². The standard InChI is InChI=1S/C13H22O2/c1-6-15-13(14)9-12(11(4)5)8-7-10(2)3/h12H,2,4,6-9H2,1,3,5H3. The number of hydrogen-bond acceptors (Lipinski definition) is 2. The summed E-state index contributed by atoms with van der Waals surface area (Å²) in [5, 5.41) is 0. The minimum absolute atomic E-state index is 0.132. The van der Waals surface area contributed by atoms with Crippen molar-refractivity contribution in [3.8, 4) is 0 Å². The second-order valence-electron chi connectivity index (χ2n) is 4.05. The maximum atomic E-state index is 11.3. The third kappa shape index (κ3) is 6.95. The van der Waals surface area contributed by atoms with Crippen molar-refractivity contribution in [1.29, 1.82) is 0 Å². The molecule has 0 N–H and O–H groups in total. The molecule has 0 saturated carbocycles. The monoisotopic (exact) mass is 210 g/mol. The van der Waals surface area contributed by atoms with E-state index in [0.29, 0.717) is 13.0 Å². The average Bonchev–Trinajstić information content (AvgIpc) is 2.11. The first-order chi connectivity index (χ1) is 6.97. The normalized spacial score (nSPS) is 11.9. The topological polar surface area (TPSA) is 26.3 Å². The molecular formula is C13H22O2. The highest BCUT2D eigenvalue weighted by Crippen LogP contribution is 2.21. The molecule has 0 aliphatic heterocycles. The molecule has 0 fully saturated rings. The van der Waals surface area contributed by atoms with Crippen LogP contribution in [-0.2, 0) is 9.53 Å². The minimum atomic E-state index is -0.132. The van der Waals surface area contributed by atoms with Crippen LogP contribution >= 0.6 is 0 Å². The summed E-state index contributed by atoms with van der Waals surface area (Å²) < 4.78 is 4.93. The number of esters is 1. The lowest BCUT2D eigenvalue weighted by Crippen LogP contribution is -2.12. The van der Waals surface area contributed by atoms with Gasteiger partial charge in [-0.05, 0) is 39.5 Å². The Morgan fingerprint density at radius 1 is 1.33 bits per heavy atom. The Balaban J connectivity index is 4.10. The van der Waals surface area contributed by atoms with E-state index in [1.165, 1.54) is 0 Å². The molecule has 0 aliphatic carbocycles. The Bertz CT molecular complexity index is 241. The maximum absolute atomic E-state index is 11.3. The summed E-state index contributed by atoms with van der Waals surface area (Å²) in [6.45, 7) is 14.0. The minimum Gasteiger partial charge on any atom is -0.466 e. The van der Waals surface area contributed by atoms with Crippen molar-refractivity contribution in [1.82, 2.24) is 0 Å². The van der Waals surface area contributed by atoms with Gasteiger partial charge in [0.15, 0.2) is 0 Å². The Kier molecular flexibility index (Phi) is 6.76. The summed E-state index contributed by atoms with van der Waals surface area (Å²) in [6, 6.07) is 0. The van der Waals surface area contributed by atoms with Crippen molar-refractivity contribution in [3.05, 3.63) is 24.3 Å². The molecule has 0 saturated heterocycles. The molecular weight excluding hydrogens is 188 g/mol.